The summed E-state index contributed by atoms with van der Waals surface area (Å²) >= 11 is 0. The lowest BCUT2D eigenvalue weighted by Crippen LogP contribution is -2.54. The molecule has 0 unspecified atom stereocenters. The normalized spacial score (nSPS) is 13.9. The molecule has 3 aromatic rings. The second kappa shape index (κ2) is 29.3. The summed E-state index contributed by atoms with van der Waals surface area (Å²) in [6, 6.07) is 10.4. The Kier molecular flexibility index (Phi) is 23.7. The average molecular weight is 991 g/mol. The number of likely N-dealkylation sites (tertiary alicyclic amines) is 1. The van der Waals surface area contributed by atoms with E-state index in [9.17, 15) is 33.6 Å². The third-order valence-electron chi connectivity index (χ3n) is 12.0. The van der Waals surface area contributed by atoms with Crippen LogP contribution in [0.4, 0.5) is 10.5 Å². The molecule has 4 rings (SSSR count). The third kappa shape index (κ3) is 19.9. The third-order valence-corrected chi connectivity index (χ3v) is 12.0. The Bertz CT molecular complexity index is 2200. The van der Waals surface area contributed by atoms with Gasteiger partial charge in [0.2, 0.25) is 29.5 Å². The number of carbonyl (C=O) groups is 7. The monoisotopic (exact) mass is 991 g/mol. The highest BCUT2D eigenvalue weighted by molar-refractivity contribution is 5.98. The van der Waals surface area contributed by atoms with Crippen LogP contribution in [0.2, 0.25) is 0 Å². The summed E-state index contributed by atoms with van der Waals surface area (Å²) in [6.45, 7) is 14.2. The Morgan fingerprint density at radius 2 is 1.59 bits per heavy atom. The first-order chi connectivity index (χ1) is 33.9. The minimum absolute atomic E-state index is 0.0127. The van der Waals surface area contributed by atoms with Gasteiger partial charge in [0.15, 0.2) is 0 Å². The number of nitrogens with one attached hydrogen (secondary N) is 5. The van der Waals surface area contributed by atoms with Gasteiger partial charge in [-0.05, 0) is 102 Å². The van der Waals surface area contributed by atoms with E-state index in [4.69, 9.17) is 19.9 Å². The standard InChI is InChI=1S/C51H78N10O10/c1-8-36-13-15-38(16-14-36)56-48(66)41(12-10-24-55-50(52)68)57-49(67)46(35(2)3)58-42(62)17-18-44(64)60(28-30-70-32-31-69-29-22-45(65)71-51(4,5)6)39-19-25-59(26-20-39)43(63)21-27-61-40(34-53-7)33-37-11-9-23-54-47(37)61/h9,11,13-16,23,33,35,39,41,46,53H,8,10,12,17-22,24-32,34H2,1-7H3,(H,56,66)(H,57,67)(H,58,62)(H3,52,55,68)/t41-,46-/m0/s1. The highest BCUT2D eigenvalue weighted by Crippen LogP contribution is 2.22. The molecule has 0 spiro atoms. The van der Waals surface area contributed by atoms with Crippen LogP contribution in [0.25, 0.3) is 11.0 Å². The van der Waals surface area contributed by atoms with E-state index in [1.807, 2.05) is 43.1 Å². The molecule has 20 nitrogen and oxygen atoms in total. The van der Waals surface area contributed by atoms with Gasteiger partial charge in [0.25, 0.3) is 0 Å². The van der Waals surface area contributed by atoms with Crippen molar-refractivity contribution in [3.05, 3.63) is 59.9 Å². The lowest BCUT2D eigenvalue weighted by atomic mass is 10.0. The number of benzene rings is 1. The zero-order valence-corrected chi connectivity index (χ0v) is 42.8. The number of fused-ring (bicyclic) bond motifs is 1. The molecule has 7 amide bonds. The molecule has 0 saturated carbocycles. The number of esters is 1. The van der Waals surface area contributed by atoms with E-state index in [1.165, 1.54) is 0 Å². The molecule has 1 aromatic carbocycles. The Labute approximate surface area is 418 Å². The maximum absolute atomic E-state index is 14.1. The van der Waals surface area contributed by atoms with Crippen molar-refractivity contribution in [2.45, 2.75) is 136 Å². The molecule has 1 fully saturated rings. The minimum Gasteiger partial charge on any atom is -0.460 e. The second-order valence-corrected chi connectivity index (χ2v) is 19.1. The number of rotatable bonds is 29. The molecule has 1 aliphatic rings. The van der Waals surface area contributed by atoms with E-state index in [1.54, 1.807) is 57.8 Å². The number of nitrogens with zero attached hydrogens (tertiary/aromatic N) is 4. The van der Waals surface area contributed by atoms with Gasteiger partial charge in [0, 0.05) is 87.5 Å². The molecule has 2 aromatic heterocycles. The van der Waals surface area contributed by atoms with E-state index in [0.717, 1.165) is 28.7 Å². The molecule has 0 radical (unpaired) electrons. The van der Waals surface area contributed by atoms with Crippen molar-refractivity contribution in [2.75, 3.05) is 65.0 Å². The van der Waals surface area contributed by atoms with Crippen molar-refractivity contribution in [1.82, 2.24) is 40.6 Å². The molecule has 7 N–H and O–H groups in total. The van der Waals surface area contributed by atoms with Crippen molar-refractivity contribution in [3.63, 3.8) is 0 Å². The van der Waals surface area contributed by atoms with Crippen molar-refractivity contribution >= 4 is 58.3 Å². The number of urea groups is 1. The van der Waals surface area contributed by atoms with Crippen molar-refractivity contribution < 1.29 is 47.8 Å². The maximum Gasteiger partial charge on any atom is 0.312 e. The number of aromatic nitrogens is 2. The number of anilines is 1. The zero-order valence-electron chi connectivity index (χ0n) is 42.8. The smallest absolute Gasteiger partial charge is 0.312 e. The Morgan fingerprint density at radius 3 is 2.24 bits per heavy atom. The predicted molar refractivity (Wildman–Crippen MR) is 270 cm³/mol. The summed E-state index contributed by atoms with van der Waals surface area (Å²) in [6.07, 6.45) is 4.19. The number of amides is 7. The minimum atomic E-state index is -1.03. The number of carbonyl (C=O) groups excluding carboxylic acids is 7. The topological polar surface area (TPSA) is 258 Å². The number of hydrogen-bond donors (Lipinski definition) is 6. The van der Waals surface area contributed by atoms with Gasteiger partial charge in [-0.2, -0.15) is 0 Å². The molecule has 1 aliphatic heterocycles. The molecule has 0 bridgehead atoms. The van der Waals surface area contributed by atoms with E-state index in [2.05, 4.69) is 42.2 Å². The molecular weight excluding hydrogens is 913 g/mol. The van der Waals surface area contributed by atoms with Crippen LogP contribution in [0.5, 0.6) is 0 Å². The predicted octanol–water partition coefficient (Wildman–Crippen LogP) is 3.79. The molecule has 392 valence electrons. The molecular formula is C51H78N10O10. The van der Waals surface area contributed by atoms with Gasteiger partial charge in [-0.3, -0.25) is 28.8 Å². The highest BCUT2D eigenvalue weighted by atomic mass is 16.6. The Hall–Kier alpha value is -6.12. The fourth-order valence-electron chi connectivity index (χ4n) is 8.30. The van der Waals surface area contributed by atoms with Gasteiger partial charge < -0.3 is 60.9 Å². The van der Waals surface area contributed by atoms with E-state index in [0.29, 0.717) is 57.5 Å². The summed E-state index contributed by atoms with van der Waals surface area (Å²) in [5.41, 5.74) is 8.15. The summed E-state index contributed by atoms with van der Waals surface area (Å²) in [7, 11) is 1.88. The number of piperidine rings is 1. The average Bonchev–Trinajstić information content (AvgIpc) is 3.68. The quantitative estimate of drug-likeness (QED) is 0.0429. The van der Waals surface area contributed by atoms with Gasteiger partial charge in [0.05, 0.1) is 32.8 Å². The van der Waals surface area contributed by atoms with Crippen LogP contribution in [-0.4, -0.2) is 144 Å². The number of primary amides is 1. The van der Waals surface area contributed by atoms with Crippen LogP contribution < -0.4 is 32.3 Å². The van der Waals surface area contributed by atoms with E-state index < -0.39 is 41.4 Å². The van der Waals surface area contributed by atoms with Crippen LogP contribution in [-0.2, 0) is 62.5 Å². The fourth-order valence-corrected chi connectivity index (χ4v) is 8.30. The van der Waals surface area contributed by atoms with Gasteiger partial charge in [-0.15, -0.1) is 0 Å². The van der Waals surface area contributed by atoms with E-state index >= 15 is 0 Å². The number of hydrogen-bond acceptors (Lipinski definition) is 12. The lowest BCUT2D eigenvalue weighted by Gasteiger charge is -2.39. The van der Waals surface area contributed by atoms with Gasteiger partial charge in [-0.25, -0.2) is 9.78 Å². The van der Waals surface area contributed by atoms with Gasteiger partial charge >= 0.3 is 12.0 Å². The van der Waals surface area contributed by atoms with Crippen LogP contribution >= 0.6 is 0 Å². The summed E-state index contributed by atoms with van der Waals surface area (Å²) < 4.78 is 18.8. The Morgan fingerprint density at radius 1 is 0.887 bits per heavy atom. The van der Waals surface area contributed by atoms with Crippen LogP contribution in [0.15, 0.2) is 48.7 Å². The second-order valence-electron chi connectivity index (χ2n) is 19.1. The summed E-state index contributed by atoms with van der Waals surface area (Å²) in [5.74, 6) is -2.55. The SMILES string of the molecule is CCc1ccc(NC(=O)[C@H](CCCNC(N)=O)NC(=O)[C@@H](NC(=O)CCC(=O)N(CCOCCOCCC(=O)OC(C)(C)C)C2CCN(C(=O)CCn3c(CNC)cc4cccnc43)CC2)C(C)C)cc1. The summed E-state index contributed by atoms with van der Waals surface area (Å²) in [4.78, 5) is 99.9. The summed E-state index contributed by atoms with van der Waals surface area (Å²) in [5, 5.41) is 15.1. The van der Waals surface area contributed by atoms with Crippen LogP contribution in [0.3, 0.4) is 0 Å². The lowest BCUT2D eigenvalue weighted by molar-refractivity contribution is -0.156. The first-order valence-corrected chi connectivity index (χ1v) is 24.9. The highest BCUT2D eigenvalue weighted by Gasteiger charge is 2.32. The van der Waals surface area contributed by atoms with Gasteiger partial charge in [0.1, 0.15) is 23.3 Å². The fraction of sp³-hybridized carbons (Fsp3) is 0.608. The largest absolute Gasteiger partial charge is 0.460 e. The molecule has 20 heteroatoms. The first kappa shape index (κ1) is 57.5. The first-order valence-electron chi connectivity index (χ1n) is 24.9. The van der Waals surface area contributed by atoms with Crippen molar-refractivity contribution in [2.24, 2.45) is 11.7 Å². The van der Waals surface area contributed by atoms with E-state index in [-0.39, 0.29) is 94.9 Å². The van der Waals surface area contributed by atoms with Crippen LogP contribution in [0, 0.1) is 5.92 Å². The Balaban J connectivity index is 1.35. The number of nitrogens with two attached hydrogens (primary N) is 1. The molecule has 0 aliphatic carbocycles. The maximum atomic E-state index is 14.1. The molecule has 2 atom stereocenters. The van der Waals surface area contributed by atoms with Gasteiger partial charge in [-0.1, -0.05) is 32.9 Å². The van der Waals surface area contributed by atoms with Crippen LogP contribution in [0.1, 0.15) is 104 Å². The molecule has 3 heterocycles. The molecule has 1 saturated heterocycles. The number of ether oxygens (including phenoxy) is 3. The number of aryl methyl sites for hydroxylation is 2. The molecule has 71 heavy (non-hydrogen) atoms. The zero-order chi connectivity index (χ0) is 51.9. The van der Waals surface area contributed by atoms with Crippen molar-refractivity contribution in [1.29, 1.82) is 0 Å². The number of pyridine rings is 1. The van der Waals surface area contributed by atoms with Crippen molar-refractivity contribution in [3.8, 4) is 0 Å².